The summed E-state index contributed by atoms with van der Waals surface area (Å²) in [5, 5.41) is 11.9. The third kappa shape index (κ3) is 6.68. The number of alkyl halides is 2. The van der Waals surface area contributed by atoms with E-state index in [-0.39, 0.29) is 18.0 Å². The molecule has 1 atom stereocenters. The van der Waals surface area contributed by atoms with Gasteiger partial charge in [0.1, 0.15) is 19.4 Å². The van der Waals surface area contributed by atoms with Crippen LogP contribution in [0.1, 0.15) is 25.8 Å². The summed E-state index contributed by atoms with van der Waals surface area (Å²) >= 11 is 4.22. The number of nitrogen functional groups attached to an aromatic ring is 1. The normalized spacial score (nSPS) is 15.1. The van der Waals surface area contributed by atoms with E-state index in [2.05, 4.69) is 22.9 Å². The van der Waals surface area contributed by atoms with Gasteiger partial charge < -0.3 is 26.6 Å². The average Bonchev–Trinajstić information content (AvgIpc) is 2.61. The molecule has 0 aliphatic rings. The van der Waals surface area contributed by atoms with Gasteiger partial charge in [-0.15, -0.1) is 12.6 Å². The lowest BCUT2D eigenvalue weighted by Gasteiger charge is -2.27. The molecule has 0 bridgehead atoms. The topological polar surface area (TPSA) is 125 Å². The molecule has 156 valence electrons. The minimum Gasteiger partial charge on any atom is -0.488 e. The summed E-state index contributed by atoms with van der Waals surface area (Å²) in [4.78, 5) is 15.9. The highest BCUT2D eigenvalue weighted by atomic mass is 32.1. The zero-order valence-electron chi connectivity index (χ0n) is 16.1. The largest absolute Gasteiger partial charge is 0.488 e. The number of hydrogen-bond donors (Lipinski definition) is 6. The molecule has 10 heteroatoms. The van der Waals surface area contributed by atoms with Crippen LogP contribution in [0.2, 0.25) is 0 Å². The van der Waals surface area contributed by atoms with Crippen LogP contribution in [-0.4, -0.2) is 49.0 Å². The highest BCUT2D eigenvalue weighted by molar-refractivity contribution is 7.84. The van der Waals surface area contributed by atoms with Crippen molar-refractivity contribution in [3.05, 3.63) is 34.4 Å². The highest BCUT2D eigenvalue weighted by Crippen LogP contribution is 2.22. The first-order valence-electron chi connectivity index (χ1n) is 8.46. The number of nitrogens with two attached hydrogens (primary N) is 2. The summed E-state index contributed by atoms with van der Waals surface area (Å²) in [6.45, 7) is 2.51. The summed E-state index contributed by atoms with van der Waals surface area (Å²) in [5.74, 6) is -0.272. The van der Waals surface area contributed by atoms with Gasteiger partial charge in [0.25, 0.3) is 5.71 Å². The van der Waals surface area contributed by atoms with Gasteiger partial charge in [-0.05, 0) is 32.0 Å². The molecule has 1 unspecified atom stereocenters. The van der Waals surface area contributed by atoms with Crippen LogP contribution < -0.4 is 26.5 Å². The van der Waals surface area contributed by atoms with Crippen LogP contribution in [0.4, 0.5) is 14.5 Å². The molecule has 0 fully saturated rings. The molecule has 0 aliphatic heterocycles. The Labute approximate surface area is 168 Å². The molecular weight excluding hydrogens is 390 g/mol. The molecular formula is C18H27F2N4O3S+. The number of benzene rings is 1. The Balaban J connectivity index is 3.09. The maximum absolute atomic E-state index is 12.8. The maximum atomic E-state index is 12.8. The molecule has 0 saturated carbocycles. The molecule has 28 heavy (non-hydrogen) atoms. The second-order valence-electron chi connectivity index (χ2n) is 6.56. The van der Waals surface area contributed by atoms with Crippen molar-refractivity contribution in [2.24, 2.45) is 5.73 Å². The Morgan fingerprint density at radius 3 is 2.61 bits per heavy atom. The number of nitrogens with one attached hydrogen (secondary N) is 2. The summed E-state index contributed by atoms with van der Waals surface area (Å²) in [7, 11) is 1.50. The minimum atomic E-state index is -2.69. The summed E-state index contributed by atoms with van der Waals surface area (Å²) < 4.78 is 31.1. The second-order valence-corrected chi connectivity index (χ2v) is 7.10. The van der Waals surface area contributed by atoms with Crippen molar-refractivity contribution in [2.75, 3.05) is 26.0 Å². The third-order valence-electron chi connectivity index (χ3n) is 3.97. The van der Waals surface area contributed by atoms with Crippen LogP contribution in [0.5, 0.6) is 5.75 Å². The Morgan fingerprint density at radius 1 is 1.46 bits per heavy atom. The monoisotopic (exact) mass is 417 g/mol. The maximum Gasteiger partial charge on any atom is 0.316 e. The van der Waals surface area contributed by atoms with Crippen molar-refractivity contribution < 1.29 is 28.4 Å². The number of allylic oxidation sites excluding steroid dienone is 1. The fourth-order valence-electron chi connectivity index (χ4n) is 2.31. The second kappa shape index (κ2) is 10.3. The number of ether oxygens (including phenoxy) is 1. The zero-order valence-corrected chi connectivity index (χ0v) is 16.9. The molecule has 0 radical (unpaired) electrons. The lowest BCUT2D eigenvalue weighted by Crippen LogP contribution is -2.72. The SMILES string of the molecule is C[NH+]=C(C(=O)NC(C)(CO)CC(F)F)c1cc(OC/C(S)=C(\C)N)ccc1N. The highest BCUT2D eigenvalue weighted by Gasteiger charge is 2.33. The van der Waals surface area contributed by atoms with E-state index in [1.54, 1.807) is 19.1 Å². The molecule has 1 aromatic rings. The van der Waals surface area contributed by atoms with Crippen molar-refractivity contribution in [1.82, 2.24) is 5.32 Å². The molecule has 7 N–H and O–H groups in total. The average molecular weight is 418 g/mol. The van der Waals surface area contributed by atoms with Crippen molar-refractivity contribution in [3.8, 4) is 5.75 Å². The number of halogens is 2. The summed E-state index contributed by atoms with van der Waals surface area (Å²) in [6.07, 6.45) is -3.38. The van der Waals surface area contributed by atoms with Gasteiger partial charge in [-0.25, -0.2) is 13.8 Å². The molecule has 0 spiro atoms. The summed E-state index contributed by atoms with van der Waals surface area (Å²) in [6, 6.07) is 4.71. The van der Waals surface area contributed by atoms with E-state index < -0.39 is 30.9 Å². The van der Waals surface area contributed by atoms with E-state index in [9.17, 15) is 18.7 Å². The predicted molar refractivity (Wildman–Crippen MR) is 107 cm³/mol. The smallest absolute Gasteiger partial charge is 0.316 e. The summed E-state index contributed by atoms with van der Waals surface area (Å²) in [5.41, 5.74) is 11.3. The molecule has 0 saturated heterocycles. The van der Waals surface area contributed by atoms with Gasteiger partial charge in [0.2, 0.25) is 6.43 Å². The number of hydrogen-bond acceptors (Lipinski definition) is 6. The number of carbonyl (C=O) groups excluding carboxylic acids is 1. The number of anilines is 1. The first kappa shape index (κ1) is 23.7. The molecule has 1 aromatic carbocycles. The fourth-order valence-corrected chi connectivity index (χ4v) is 2.37. The Morgan fingerprint density at radius 2 is 2.11 bits per heavy atom. The quantitative estimate of drug-likeness (QED) is 0.188. The van der Waals surface area contributed by atoms with E-state index in [0.29, 0.717) is 21.9 Å². The number of thiol groups is 1. The van der Waals surface area contributed by atoms with Crippen LogP contribution in [0.3, 0.4) is 0 Å². The molecule has 0 aromatic heterocycles. The van der Waals surface area contributed by atoms with Gasteiger partial charge in [-0.1, -0.05) is 0 Å². The Bertz CT molecular complexity index is 767. The Hall–Kier alpha value is -2.33. The minimum absolute atomic E-state index is 0.0496. The first-order chi connectivity index (χ1) is 13.0. The van der Waals surface area contributed by atoms with Crippen molar-refractivity contribution in [1.29, 1.82) is 0 Å². The van der Waals surface area contributed by atoms with Gasteiger partial charge in [-0.3, -0.25) is 4.79 Å². The lowest BCUT2D eigenvalue weighted by molar-refractivity contribution is -0.418. The standard InChI is InChI=1S/C18H26F2N4O3S/c1-10(21)14(28)8-27-11-4-5-13(22)12(6-11)16(23-3)17(26)24-18(2,9-25)7-15(19)20/h4-6,15,25,28H,7-9,21-22H2,1-3H3,(H,24,26)/p+1/b14-10-,23-16?. The first-order valence-corrected chi connectivity index (χ1v) is 8.90. The fraction of sp³-hybridized carbons (Fsp3) is 0.444. The van der Waals surface area contributed by atoms with Gasteiger partial charge in [0.05, 0.1) is 17.7 Å². The van der Waals surface area contributed by atoms with E-state index in [4.69, 9.17) is 16.2 Å². The van der Waals surface area contributed by atoms with E-state index in [1.807, 2.05) is 0 Å². The Kier molecular flexibility index (Phi) is 8.70. The molecule has 0 heterocycles. The number of amides is 1. The van der Waals surface area contributed by atoms with Crippen LogP contribution in [-0.2, 0) is 4.79 Å². The van der Waals surface area contributed by atoms with Crippen LogP contribution >= 0.6 is 12.6 Å². The zero-order chi connectivity index (χ0) is 21.5. The third-order valence-corrected chi connectivity index (χ3v) is 4.45. The van der Waals surface area contributed by atoms with Crippen LogP contribution in [0, 0.1) is 0 Å². The number of aliphatic hydroxyl groups excluding tert-OH is 1. The van der Waals surface area contributed by atoms with Crippen molar-refractivity contribution in [2.45, 2.75) is 32.2 Å². The number of rotatable bonds is 9. The lowest BCUT2D eigenvalue weighted by atomic mass is 9.98. The van der Waals surface area contributed by atoms with Gasteiger partial charge >= 0.3 is 5.91 Å². The molecule has 1 amide bonds. The van der Waals surface area contributed by atoms with Crippen LogP contribution in [0.15, 0.2) is 28.8 Å². The van der Waals surface area contributed by atoms with Gasteiger partial charge in [0.15, 0.2) is 0 Å². The molecule has 7 nitrogen and oxygen atoms in total. The van der Waals surface area contributed by atoms with Crippen LogP contribution in [0.25, 0.3) is 0 Å². The van der Waals surface area contributed by atoms with E-state index >= 15 is 0 Å². The molecule has 0 aliphatic carbocycles. The van der Waals surface area contributed by atoms with Gasteiger partial charge in [0, 0.05) is 22.7 Å². The van der Waals surface area contributed by atoms with E-state index in [1.165, 1.54) is 20.0 Å². The van der Waals surface area contributed by atoms with Crippen molar-refractivity contribution >= 4 is 29.9 Å². The number of carbonyl (C=O) groups is 1. The predicted octanol–water partition coefficient (Wildman–Crippen LogP) is -0.210. The van der Waals surface area contributed by atoms with Gasteiger partial charge in [-0.2, -0.15) is 0 Å². The van der Waals surface area contributed by atoms with E-state index in [0.717, 1.165) is 0 Å². The number of aliphatic hydroxyl groups is 1. The molecule has 1 rings (SSSR count). The van der Waals surface area contributed by atoms with Crippen molar-refractivity contribution in [3.63, 3.8) is 0 Å².